The van der Waals surface area contributed by atoms with Crippen molar-refractivity contribution in [2.24, 2.45) is 0 Å². The van der Waals surface area contributed by atoms with Gasteiger partial charge in [-0.15, -0.1) is 0 Å². The quantitative estimate of drug-likeness (QED) is 0.158. The lowest BCUT2D eigenvalue weighted by Crippen LogP contribution is -2.35. The number of hydrogen-bond acceptors (Lipinski definition) is 9. The molecule has 0 aliphatic rings. The summed E-state index contributed by atoms with van der Waals surface area (Å²) in [6, 6.07) is 24.6. The number of nitrogens with zero attached hydrogens (tertiary/aromatic N) is 3. The van der Waals surface area contributed by atoms with Crippen LogP contribution in [0.2, 0.25) is 0 Å². The van der Waals surface area contributed by atoms with Crippen molar-refractivity contribution in [3.8, 4) is 0 Å². The minimum absolute atomic E-state index is 0.103. The number of hydrazine groups is 1. The van der Waals surface area contributed by atoms with Gasteiger partial charge < -0.3 is 10.1 Å². The van der Waals surface area contributed by atoms with Crippen LogP contribution in [0.25, 0.3) is 0 Å². The van der Waals surface area contributed by atoms with Gasteiger partial charge >= 0.3 is 11.7 Å². The average Bonchev–Trinajstić information content (AvgIpc) is 2.93. The average molecular weight is 513 g/mol. The molecular weight excluding hydrogens is 488 g/mol. The smallest absolute Gasteiger partial charge is 0.355 e. The summed E-state index contributed by atoms with van der Waals surface area (Å²) in [5.74, 6) is -1.88. The molecule has 1 heterocycles. The first kappa shape index (κ1) is 25.8. The van der Waals surface area contributed by atoms with Crippen molar-refractivity contribution in [1.29, 1.82) is 0 Å². The molecule has 0 atom stereocenters. The van der Waals surface area contributed by atoms with Crippen LogP contribution >= 0.6 is 0 Å². The van der Waals surface area contributed by atoms with Crippen LogP contribution < -0.4 is 16.2 Å². The molecule has 11 nitrogen and oxygen atoms in total. The fourth-order valence-corrected chi connectivity index (χ4v) is 3.75. The topological polar surface area (TPSA) is 148 Å². The van der Waals surface area contributed by atoms with E-state index in [4.69, 9.17) is 4.74 Å². The van der Waals surface area contributed by atoms with E-state index in [0.717, 1.165) is 17.5 Å². The Kier molecular flexibility index (Phi) is 8.19. The molecule has 1 amide bonds. The van der Waals surface area contributed by atoms with Gasteiger partial charge in [-0.3, -0.25) is 25.8 Å². The van der Waals surface area contributed by atoms with Gasteiger partial charge in [-0.25, -0.2) is 14.8 Å². The lowest BCUT2D eigenvalue weighted by molar-refractivity contribution is -0.383. The number of esters is 1. The molecule has 4 aromatic rings. The molecule has 0 bridgehead atoms. The molecule has 0 fully saturated rings. The number of carbonyl (C=O) groups excluding carboxylic acids is 2. The van der Waals surface area contributed by atoms with Crippen molar-refractivity contribution in [3.63, 3.8) is 0 Å². The second kappa shape index (κ2) is 12.1. The van der Waals surface area contributed by atoms with Gasteiger partial charge in [0.05, 0.1) is 23.0 Å². The number of benzene rings is 3. The van der Waals surface area contributed by atoms with E-state index >= 15 is 0 Å². The van der Waals surface area contributed by atoms with E-state index in [1.165, 1.54) is 12.1 Å². The first-order valence-corrected chi connectivity index (χ1v) is 11.7. The highest BCUT2D eigenvalue weighted by molar-refractivity contribution is 5.90. The van der Waals surface area contributed by atoms with E-state index in [-0.39, 0.29) is 18.2 Å². The molecule has 0 saturated heterocycles. The van der Waals surface area contributed by atoms with Crippen LogP contribution in [0.15, 0.2) is 91.3 Å². The second-order valence-electron chi connectivity index (χ2n) is 7.97. The maximum absolute atomic E-state index is 13.3. The molecular formula is C27H24N6O5. The summed E-state index contributed by atoms with van der Waals surface area (Å²) >= 11 is 0. The van der Waals surface area contributed by atoms with E-state index in [0.29, 0.717) is 11.3 Å². The standard InChI is InChI=1S/C27H24N6O5/c1-2-38-27(35)20-13-15-21(16-14-20)30-24-23(33(36)37)25(29-17-28-24)31-32-26(34)22(18-9-5-3-6-10-18)19-11-7-4-8-12-19/h3-17,22H,2H2,1H3,(H,32,34)(H2,28,29,30,31). The number of amides is 1. The molecule has 0 unspecified atom stereocenters. The summed E-state index contributed by atoms with van der Waals surface area (Å²) in [5, 5.41) is 14.8. The Morgan fingerprint density at radius 1 is 0.895 bits per heavy atom. The molecule has 0 spiro atoms. The second-order valence-corrected chi connectivity index (χ2v) is 7.97. The Morgan fingerprint density at radius 2 is 1.47 bits per heavy atom. The van der Waals surface area contributed by atoms with E-state index in [2.05, 4.69) is 26.1 Å². The van der Waals surface area contributed by atoms with Crippen LogP contribution in [-0.4, -0.2) is 33.4 Å². The molecule has 0 aliphatic carbocycles. The fourth-order valence-electron chi connectivity index (χ4n) is 3.75. The number of rotatable bonds is 10. The van der Waals surface area contributed by atoms with Crippen molar-refractivity contribution >= 4 is 34.9 Å². The third kappa shape index (κ3) is 6.08. The number of ether oxygens (including phenoxy) is 1. The van der Waals surface area contributed by atoms with Gasteiger partial charge in [-0.05, 0) is 42.3 Å². The zero-order valence-corrected chi connectivity index (χ0v) is 20.3. The maximum Gasteiger partial charge on any atom is 0.355 e. The molecule has 3 N–H and O–H groups in total. The maximum atomic E-state index is 13.3. The van der Waals surface area contributed by atoms with Gasteiger partial charge in [-0.1, -0.05) is 60.7 Å². The lowest BCUT2D eigenvalue weighted by Gasteiger charge is -2.18. The Balaban J connectivity index is 1.55. The highest BCUT2D eigenvalue weighted by Crippen LogP contribution is 2.31. The van der Waals surface area contributed by atoms with Crippen molar-refractivity contribution in [2.45, 2.75) is 12.8 Å². The van der Waals surface area contributed by atoms with E-state index in [1.807, 2.05) is 60.7 Å². The minimum atomic E-state index is -0.665. The minimum Gasteiger partial charge on any atom is -0.462 e. The summed E-state index contributed by atoms with van der Waals surface area (Å²) in [6.45, 7) is 1.95. The van der Waals surface area contributed by atoms with E-state index in [9.17, 15) is 19.7 Å². The molecule has 0 aliphatic heterocycles. The van der Waals surface area contributed by atoms with E-state index in [1.54, 1.807) is 19.1 Å². The number of anilines is 3. The molecule has 1 aromatic heterocycles. The SMILES string of the molecule is CCOC(=O)c1ccc(Nc2ncnc(NNC(=O)C(c3ccccc3)c3ccccc3)c2[N+](=O)[O-])cc1. The Morgan fingerprint density at radius 3 is 2.03 bits per heavy atom. The Bertz CT molecular complexity index is 1380. The molecule has 4 rings (SSSR count). The zero-order valence-electron chi connectivity index (χ0n) is 20.3. The lowest BCUT2D eigenvalue weighted by atomic mass is 9.91. The molecule has 11 heteroatoms. The number of nitro groups is 1. The van der Waals surface area contributed by atoms with E-state index < -0.39 is 28.4 Å². The van der Waals surface area contributed by atoms with Crippen LogP contribution in [0.4, 0.5) is 23.0 Å². The molecule has 38 heavy (non-hydrogen) atoms. The number of carbonyl (C=O) groups is 2. The third-order valence-corrected chi connectivity index (χ3v) is 5.50. The van der Waals surface area contributed by atoms with Crippen LogP contribution in [0.1, 0.15) is 34.3 Å². The number of hydrogen-bond donors (Lipinski definition) is 3. The third-order valence-electron chi connectivity index (χ3n) is 5.50. The van der Waals surface area contributed by atoms with Crippen LogP contribution in [0, 0.1) is 10.1 Å². The zero-order chi connectivity index (χ0) is 26.9. The fraction of sp³-hybridized carbons (Fsp3) is 0.111. The number of aromatic nitrogens is 2. The van der Waals surface area contributed by atoms with Crippen molar-refractivity contribution in [2.75, 3.05) is 17.3 Å². The molecule has 192 valence electrons. The molecule has 3 aromatic carbocycles. The molecule has 0 saturated carbocycles. The van der Waals surface area contributed by atoms with Crippen molar-refractivity contribution < 1.29 is 19.2 Å². The van der Waals surface area contributed by atoms with Crippen LogP contribution in [0.5, 0.6) is 0 Å². The number of nitrogens with one attached hydrogen (secondary N) is 3. The van der Waals surface area contributed by atoms with Crippen LogP contribution in [0.3, 0.4) is 0 Å². The van der Waals surface area contributed by atoms with Gasteiger partial charge in [0.15, 0.2) is 0 Å². The van der Waals surface area contributed by atoms with Gasteiger partial charge in [0.25, 0.3) is 0 Å². The summed E-state index contributed by atoms with van der Waals surface area (Å²) < 4.78 is 4.96. The van der Waals surface area contributed by atoms with Gasteiger partial charge in [0.1, 0.15) is 6.33 Å². The molecule has 0 radical (unpaired) electrons. The van der Waals surface area contributed by atoms with Gasteiger partial charge in [0, 0.05) is 5.69 Å². The van der Waals surface area contributed by atoms with Crippen molar-refractivity contribution in [3.05, 3.63) is 118 Å². The summed E-state index contributed by atoms with van der Waals surface area (Å²) in [5.41, 5.74) is 6.96. The van der Waals surface area contributed by atoms with Crippen LogP contribution in [-0.2, 0) is 9.53 Å². The Hall–Kier alpha value is -5.32. The normalized spacial score (nSPS) is 10.5. The van der Waals surface area contributed by atoms with Gasteiger partial charge in [-0.2, -0.15) is 0 Å². The first-order chi connectivity index (χ1) is 18.5. The van der Waals surface area contributed by atoms with Crippen molar-refractivity contribution in [1.82, 2.24) is 15.4 Å². The monoisotopic (exact) mass is 512 g/mol. The summed E-state index contributed by atoms with van der Waals surface area (Å²) in [6.07, 6.45) is 1.13. The van der Waals surface area contributed by atoms with Gasteiger partial charge in [0.2, 0.25) is 17.5 Å². The Labute approximate surface area is 218 Å². The highest BCUT2D eigenvalue weighted by atomic mass is 16.6. The predicted octanol–water partition coefficient (Wildman–Crippen LogP) is 4.58. The largest absolute Gasteiger partial charge is 0.462 e. The summed E-state index contributed by atoms with van der Waals surface area (Å²) in [4.78, 5) is 44.4. The summed E-state index contributed by atoms with van der Waals surface area (Å²) in [7, 11) is 0. The predicted molar refractivity (Wildman–Crippen MR) is 141 cm³/mol. The highest BCUT2D eigenvalue weighted by Gasteiger charge is 2.26. The first-order valence-electron chi connectivity index (χ1n) is 11.7.